The minimum Gasteiger partial charge on any atom is -0.383 e. The highest BCUT2D eigenvalue weighted by Crippen LogP contribution is 2.13. The van der Waals surface area contributed by atoms with Gasteiger partial charge >= 0.3 is 0 Å². The van der Waals surface area contributed by atoms with Crippen LogP contribution in [0.15, 0.2) is 0 Å². The maximum absolute atomic E-state index is 11.9. The zero-order valence-electron chi connectivity index (χ0n) is 12.1. The lowest BCUT2D eigenvalue weighted by molar-refractivity contribution is -0.139. The molecular formula is C13H23N3O4. The van der Waals surface area contributed by atoms with Crippen LogP contribution in [-0.4, -0.2) is 62.0 Å². The number of nitrogens with one attached hydrogen (secondary N) is 2. The summed E-state index contributed by atoms with van der Waals surface area (Å²) in [5.41, 5.74) is 0. The van der Waals surface area contributed by atoms with E-state index in [-0.39, 0.29) is 30.6 Å². The van der Waals surface area contributed by atoms with Gasteiger partial charge in [0.2, 0.25) is 17.7 Å². The number of carbonyl (C=O) groups is 3. The lowest BCUT2D eigenvalue weighted by Crippen LogP contribution is -2.40. The van der Waals surface area contributed by atoms with Gasteiger partial charge in [-0.3, -0.25) is 19.3 Å². The number of hydrogen-bond acceptors (Lipinski definition) is 5. The van der Waals surface area contributed by atoms with Crippen molar-refractivity contribution in [1.29, 1.82) is 0 Å². The Hall–Kier alpha value is -1.47. The molecule has 2 N–H and O–H groups in total. The van der Waals surface area contributed by atoms with Crippen molar-refractivity contribution in [3.8, 4) is 0 Å². The van der Waals surface area contributed by atoms with Crippen LogP contribution in [0.4, 0.5) is 0 Å². The first-order valence-electron chi connectivity index (χ1n) is 6.93. The summed E-state index contributed by atoms with van der Waals surface area (Å²) in [5.74, 6) is -0.424. The van der Waals surface area contributed by atoms with E-state index in [1.54, 1.807) is 7.11 Å². The number of carbonyl (C=O) groups excluding carboxylic acids is 3. The summed E-state index contributed by atoms with van der Waals surface area (Å²) >= 11 is 0. The van der Waals surface area contributed by atoms with E-state index in [0.717, 1.165) is 6.42 Å². The molecule has 0 aromatic carbocycles. The predicted octanol–water partition coefficient (Wildman–Crippen LogP) is -0.734. The Balaban J connectivity index is 2.24. The molecule has 0 spiro atoms. The quantitative estimate of drug-likeness (QED) is 0.430. The molecule has 20 heavy (non-hydrogen) atoms. The van der Waals surface area contributed by atoms with Gasteiger partial charge in [-0.15, -0.1) is 0 Å². The van der Waals surface area contributed by atoms with Gasteiger partial charge in [-0.1, -0.05) is 6.92 Å². The number of hydrogen-bond donors (Lipinski definition) is 2. The first kappa shape index (κ1) is 16.6. The second-order valence-electron chi connectivity index (χ2n) is 4.69. The van der Waals surface area contributed by atoms with Crippen LogP contribution in [0.3, 0.4) is 0 Å². The Bertz CT molecular complexity index is 360. The molecule has 1 heterocycles. The zero-order chi connectivity index (χ0) is 15.0. The summed E-state index contributed by atoms with van der Waals surface area (Å²) in [7, 11) is 1.57. The first-order chi connectivity index (χ1) is 9.60. The zero-order valence-corrected chi connectivity index (χ0v) is 12.1. The van der Waals surface area contributed by atoms with Crippen LogP contribution in [0.25, 0.3) is 0 Å². The Kier molecular flexibility index (Phi) is 7.17. The SMILES string of the molecule is CCCN1C(=O)CC(NCCC(=O)NCCOC)C1=O. The Morgan fingerprint density at radius 3 is 2.80 bits per heavy atom. The Morgan fingerprint density at radius 2 is 2.15 bits per heavy atom. The third-order valence-corrected chi connectivity index (χ3v) is 3.06. The van der Waals surface area contributed by atoms with Crippen molar-refractivity contribution in [2.24, 2.45) is 0 Å². The molecule has 114 valence electrons. The average molecular weight is 285 g/mol. The van der Waals surface area contributed by atoms with E-state index in [0.29, 0.717) is 26.2 Å². The molecule has 1 fully saturated rings. The highest BCUT2D eigenvalue weighted by molar-refractivity contribution is 6.05. The molecule has 7 heteroatoms. The molecule has 7 nitrogen and oxygen atoms in total. The molecule has 1 aliphatic rings. The van der Waals surface area contributed by atoms with Gasteiger partial charge in [0.05, 0.1) is 19.1 Å². The lowest BCUT2D eigenvalue weighted by Gasteiger charge is -2.14. The number of amides is 3. The fourth-order valence-electron chi connectivity index (χ4n) is 2.04. The van der Waals surface area contributed by atoms with Crippen LogP contribution in [0.1, 0.15) is 26.2 Å². The van der Waals surface area contributed by atoms with Gasteiger partial charge in [-0.05, 0) is 6.42 Å². The molecule has 0 radical (unpaired) electrons. The summed E-state index contributed by atoms with van der Waals surface area (Å²) < 4.78 is 4.82. The van der Waals surface area contributed by atoms with Gasteiger partial charge in [0.15, 0.2) is 0 Å². The van der Waals surface area contributed by atoms with Gasteiger partial charge in [0.25, 0.3) is 0 Å². The van der Waals surface area contributed by atoms with Gasteiger partial charge in [-0.25, -0.2) is 0 Å². The van der Waals surface area contributed by atoms with E-state index in [9.17, 15) is 14.4 Å². The second-order valence-corrected chi connectivity index (χ2v) is 4.69. The monoisotopic (exact) mass is 285 g/mol. The fraction of sp³-hybridized carbons (Fsp3) is 0.769. The molecule has 1 saturated heterocycles. The largest absolute Gasteiger partial charge is 0.383 e. The van der Waals surface area contributed by atoms with Crippen molar-refractivity contribution in [1.82, 2.24) is 15.5 Å². The summed E-state index contributed by atoms with van der Waals surface area (Å²) in [4.78, 5) is 36.3. The van der Waals surface area contributed by atoms with Crippen molar-refractivity contribution < 1.29 is 19.1 Å². The Morgan fingerprint density at radius 1 is 1.40 bits per heavy atom. The van der Waals surface area contributed by atoms with Crippen LogP contribution in [0.5, 0.6) is 0 Å². The normalized spacial score (nSPS) is 18.7. The van der Waals surface area contributed by atoms with Crippen LogP contribution in [-0.2, 0) is 19.1 Å². The molecule has 0 aromatic heterocycles. The topological polar surface area (TPSA) is 87.7 Å². The molecular weight excluding hydrogens is 262 g/mol. The maximum atomic E-state index is 11.9. The third-order valence-electron chi connectivity index (χ3n) is 3.06. The highest BCUT2D eigenvalue weighted by Gasteiger charge is 2.37. The summed E-state index contributed by atoms with van der Waals surface area (Å²) in [6.07, 6.45) is 1.21. The minimum absolute atomic E-state index is 0.100. The smallest absolute Gasteiger partial charge is 0.246 e. The number of rotatable bonds is 9. The molecule has 0 bridgehead atoms. The summed E-state index contributed by atoms with van der Waals surface area (Å²) in [6, 6.07) is -0.485. The molecule has 1 rings (SSSR count). The number of ether oxygens (including phenoxy) is 1. The average Bonchev–Trinajstić information content (AvgIpc) is 2.67. The fourth-order valence-corrected chi connectivity index (χ4v) is 2.04. The predicted molar refractivity (Wildman–Crippen MR) is 72.9 cm³/mol. The molecule has 0 aliphatic carbocycles. The van der Waals surface area contributed by atoms with Crippen molar-refractivity contribution in [3.05, 3.63) is 0 Å². The number of imide groups is 1. The van der Waals surface area contributed by atoms with Crippen molar-refractivity contribution in [2.45, 2.75) is 32.2 Å². The first-order valence-corrected chi connectivity index (χ1v) is 6.93. The van der Waals surface area contributed by atoms with Crippen LogP contribution >= 0.6 is 0 Å². The van der Waals surface area contributed by atoms with E-state index < -0.39 is 6.04 Å². The van der Waals surface area contributed by atoms with Crippen LogP contribution in [0.2, 0.25) is 0 Å². The molecule has 1 aliphatic heterocycles. The summed E-state index contributed by atoms with van der Waals surface area (Å²) in [6.45, 7) is 3.71. The maximum Gasteiger partial charge on any atom is 0.246 e. The standard InChI is InChI=1S/C13H23N3O4/c1-3-7-16-12(18)9-10(13(16)19)14-5-4-11(17)15-6-8-20-2/h10,14H,3-9H2,1-2H3,(H,15,17). The number of nitrogens with zero attached hydrogens (tertiary/aromatic N) is 1. The van der Waals surface area contributed by atoms with Gasteiger partial charge in [-0.2, -0.15) is 0 Å². The molecule has 1 atom stereocenters. The van der Waals surface area contributed by atoms with Crippen LogP contribution in [0, 0.1) is 0 Å². The molecule has 3 amide bonds. The van der Waals surface area contributed by atoms with E-state index in [1.165, 1.54) is 4.90 Å². The van der Waals surface area contributed by atoms with Crippen molar-refractivity contribution in [3.63, 3.8) is 0 Å². The molecule has 0 aromatic rings. The van der Waals surface area contributed by atoms with E-state index in [4.69, 9.17) is 4.74 Å². The van der Waals surface area contributed by atoms with Gasteiger partial charge in [0, 0.05) is 33.2 Å². The van der Waals surface area contributed by atoms with E-state index in [2.05, 4.69) is 10.6 Å². The highest BCUT2D eigenvalue weighted by atomic mass is 16.5. The van der Waals surface area contributed by atoms with Crippen LogP contribution < -0.4 is 10.6 Å². The van der Waals surface area contributed by atoms with Crippen molar-refractivity contribution in [2.75, 3.05) is 33.4 Å². The van der Waals surface area contributed by atoms with Crippen molar-refractivity contribution >= 4 is 17.7 Å². The molecule has 0 saturated carbocycles. The minimum atomic E-state index is -0.485. The summed E-state index contributed by atoms with van der Waals surface area (Å²) in [5, 5.41) is 5.66. The number of likely N-dealkylation sites (tertiary alicyclic amines) is 1. The Labute approximate surface area is 119 Å². The second kappa shape index (κ2) is 8.65. The van der Waals surface area contributed by atoms with Gasteiger partial charge in [0.1, 0.15) is 0 Å². The molecule has 1 unspecified atom stereocenters. The van der Waals surface area contributed by atoms with Gasteiger partial charge < -0.3 is 15.4 Å². The lowest BCUT2D eigenvalue weighted by atomic mass is 10.2. The van der Waals surface area contributed by atoms with E-state index >= 15 is 0 Å². The number of methoxy groups -OCH3 is 1. The third kappa shape index (κ3) is 4.90. The van der Waals surface area contributed by atoms with E-state index in [1.807, 2.05) is 6.92 Å².